The maximum Gasteiger partial charge on any atom is 0.0843 e. The van der Waals surface area contributed by atoms with Crippen molar-refractivity contribution < 1.29 is 5.11 Å². The highest BCUT2D eigenvalue weighted by molar-refractivity contribution is 5.38. The van der Waals surface area contributed by atoms with Crippen LogP contribution in [-0.4, -0.2) is 5.11 Å². The SMILES string of the molecule is CC(C)c1ccc(C(C)(C)O)c(C(C)C)c1. The van der Waals surface area contributed by atoms with Gasteiger partial charge in [0.25, 0.3) is 0 Å². The fourth-order valence-electron chi connectivity index (χ4n) is 1.98. The summed E-state index contributed by atoms with van der Waals surface area (Å²) in [7, 11) is 0. The van der Waals surface area contributed by atoms with Gasteiger partial charge in [-0.3, -0.25) is 0 Å². The number of aliphatic hydroxyl groups is 1. The van der Waals surface area contributed by atoms with Crippen LogP contribution < -0.4 is 0 Å². The summed E-state index contributed by atoms with van der Waals surface area (Å²) < 4.78 is 0. The van der Waals surface area contributed by atoms with Crippen LogP contribution in [0.15, 0.2) is 18.2 Å². The average molecular weight is 220 g/mol. The van der Waals surface area contributed by atoms with E-state index in [0.717, 1.165) is 5.56 Å². The Hall–Kier alpha value is -0.820. The summed E-state index contributed by atoms with van der Waals surface area (Å²) >= 11 is 0. The molecule has 0 spiro atoms. The lowest BCUT2D eigenvalue weighted by Gasteiger charge is -2.25. The van der Waals surface area contributed by atoms with Crippen molar-refractivity contribution in [2.45, 2.75) is 59.0 Å². The van der Waals surface area contributed by atoms with E-state index in [9.17, 15) is 5.11 Å². The lowest BCUT2D eigenvalue weighted by atomic mass is 9.85. The van der Waals surface area contributed by atoms with Crippen LogP contribution in [-0.2, 0) is 5.60 Å². The van der Waals surface area contributed by atoms with Crippen LogP contribution >= 0.6 is 0 Å². The van der Waals surface area contributed by atoms with Crippen LogP contribution in [0, 0.1) is 0 Å². The molecule has 1 rings (SSSR count). The molecule has 0 aliphatic carbocycles. The Morgan fingerprint density at radius 1 is 1.00 bits per heavy atom. The maximum absolute atomic E-state index is 10.1. The van der Waals surface area contributed by atoms with Gasteiger partial charge in [0.1, 0.15) is 0 Å². The molecule has 90 valence electrons. The zero-order valence-electron chi connectivity index (χ0n) is 11.3. The third-order valence-corrected chi connectivity index (χ3v) is 3.02. The maximum atomic E-state index is 10.1. The molecule has 1 aromatic rings. The minimum atomic E-state index is -0.755. The summed E-state index contributed by atoms with van der Waals surface area (Å²) in [6.07, 6.45) is 0. The van der Waals surface area contributed by atoms with Crippen molar-refractivity contribution in [1.29, 1.82) is 0 Å². The molecule has 0 saturated carbocycles. The molecule has 0 unspecified atom stereocenters. The molecule has 0 aromatic heterocycles. The lowest BCUT2D eigenvalue weighted by Crippen LogP contribution is -2.18. The Labute approximate surface area is 99.5 Å². The standard InChI is InChI=1S/C15H24O/c1-10(2)12-7-8-14(15(5,6)16)13(9-12)11(3)4/h7-11,16H,1-6H3. The number of benzene rings is 1. The van der Waals surface area contributed by atoms with E-state index >= 15 is 0 Å². The van der Waals surface area contributed by atoms with E-state index < -0.39 is 5.60 Å². The summed E-state index contributed by atoms with van der Waals surface area (Å²) in [6, 6.07) is 6.44. The second-order valence-corrected chi connectivity index (χ2v) is 5.72. The van der Waals surface area contributed by atoms with Gasteiger partial charge in [-0.15, -0.1) is 0 Å². The highest BCUT2D eigenvalue weighted by Gasteiger charge is 2.21. The van der Waals surface area contributed by atoms with Gasteiger partial charge >= 0.3 is 0 Å². The molecule has 16 heavy (non-hydrogen) atoms. The monoisotopic (exact) mass is 220 g/mol. The Balaban J connectivity index is 3.31. The predicted molar refractivity (Wildman–Crippen MR) is 69.9 cm³/mol. The lowest BCUT2D eigenvalue weighted by molar-refractivity contribution is 0.0773. The van der Waals surface area contributed by atoms with E-state index in [1.165, 1.54) is 11.1 Å². The second-order valence-electron chi connectivity index (χ2n) is 5.72. The quantitative estimate of drug-likeness (QED) is 0.811. The molecule has 0 aliphatic heterocycles. The van der Waals surface area contributed by atoms with Crippen molar-refractivity contribution in [1.82, 2.24) is 0 Å². The van der Waals surface area contributed by atoms with E-state index in [1.807, 2.05) is 13.8 Å². The molecular weight excluding hydrogens is 196 g/mol. The van der Waals surface area contributed by atoms with Gasteiger partial charge in [-0.25, -0.2) is 0 Å². The molecule has 0 bridgehead atoms. The predicted octanol–water partition coefficient (Wildman–Crippen LogP) is 4.16. The molecular formula is C15H24O. The summed E-state index contributed by atoms with van der Waals surface area (Å²) in [4.78, 5) is 0. The molecule has 0 amide bonds. The van der Waals surface area contributed by atoms with Gasteiger partial charge in [0.05, 0.1) is 5.60 Å². The molecule has 1 aromatic carbocycles. The first-order chi connectivity index (χ1) is 7.23. The Morgan fingerprint density at radius 3 is 1.94 bits per heavy atom. The smallest absolute Gasteiger partial charge is 0.0843 e. The van der Waals surface area contributed by atoms with Crippen LogP contribution in [0.1, 0.15) is 70.1 Å². The van der Waals surface area contributed by atoms with Crippen LogP contribution in [0.5, 0.6) is 0 Å². The zero-order chi connectivity index (χ0) is 12.5. The third kappa shape index (κ3) is 2.85. The fourth-order valence-corrected chi connectivity index (χ4v) is 1.98. The first-order valence-electron chi connectivity index (χ1n) is 6.10. The molecule has 0 atom stereocenters. The Kier molecular flexibility index (Phi) is 3.80. The number of hydrogen-bond donors (Lipinski definition) is 1. The van der Waals surface area contributed by atoms with Crippen molar-refractivity contribution in [3.63, 3.8) is 0 Å². The van der Waals surface area contributed by atoms with E-state index in [2.05, 4.69) is 45.9 Å². The molecule has 1 nitrogen and oxygen atoms in total. The van der Waals surface area contributed by atoms with Gasteiger partial charge in [-0.1, -0.05) is 45.9 Å². The normalized spacial score (nSPS) is 12.6. The van der Waals surface area contributed by atoms with Crippen LogP contribution in [0.2, 0.25) is 0 Å². The Bertz CT molecular complexity index is 356. The van der Waals surface area contributed by atoms with E-state index in [0.29, 0.717) is 11.8 Å². The fraction of sp³-hybridized carbons (Fsp3) is 0.600. The van der Waals surface area contributed by atoms with Gasteiger partial charge in [0.15, 0.2) is 0 Å². The molecule has 0 fully saturated rings. The van der Waals surface area contributed by atoms with Crippen LogP contribution in [0.4, 0.5) is 0 Å². The Morgan fingerprint density at radius 2 is 1.56 bits per heavy atom. The molecule has 0 aliphatic rings. The summed E-state index contributed by atoms with van der Waals surface area (Å²) in [5.74, 6) is 0.980. The summed E-state index contributed by atoms with van der Waals surface area (Å²) in [5.41, 5.74) is 2.90. The molecule has 0 radical (unpaired) electrons. The molecule has 0 saturated heterocycles. The average Bonchev–Trinajstić information content (AvgIpc) is 2.15. The van der Waals surface area contributed by atoms with E-state index in [1.54, 1.807) is 0 Å². The highest BCUT2D eigenvalue weighted by Crippen LogP contribution is 2.31. The first-order valence-corrected chi connectivity index (χ1v) is 6.10. The van der Waals surface area contributed by atoms with Crippen molar-refractivity contribution in [2.24, 2.45) is 0 Å². The largest absolute Gasteiger partial charge is 0.386 e. The van der Waals surface area contributed by atoms with Crippen molar-refractivity contribution in [3.8, 4) is 0 Å². The minimum Gasteiger partial charge on any atom is -0.386 e. The van der Waals surface area contributed by atoms with E-state index in [4.69, 9.17) is 0 Å². The first kappa shape index (κ1) is 13.2. The molecule has 1 N–H and O–H groups in total. The van der Waals surface area contributed by atoms with E-state index in [-0.39, 0.29) is 0 Å². The van der Waals surface area contributed by atoms with Gasteiger partial charge in [-0.05, 0) is 42.4 Å². The molecule has 1 heteroatoms. The van der Waals surface area contributed by atoms with Crippen molar-refractivity contribution in [2.75, 3.05) is 0 Å². The van der Waals surface area contributed by atoms with Crippen LogP contribution in [0.25, 0.3) is 0 Å². The summed E-state index contributed by atoms with van der Waals surface area (Å²) in [5, 5.41) is 10.1. The van der Waals surface area contributed by atoms with Gasteiger partial charge in [-0.2, -0.15) is 0 Å². The zero-order valence-corrected chi connectivity index (χ0v) is 11.3. The van der Waals surface area contributed by atoms with Crippen molar-refractivity contribution in [3.05, 3.63) is 34.9 Å². The molecule has 0 heterocycles. The van der Waals surface area contributed by atoms with Gasteiger partial charge in [0.2, 0.25) is 0 Å². The number of rotatable bonds is 3. The van der Waals surface area contributed by atoms with Crippen LogP contribution in [0.3, 0.4) is 0 Å². The topological polar surface area (TPSA) is 20.2 Å². The highest BCUT2D eigenvalue weighted by atomic mass is 16.3. The van der Waals surface area contributed by atoms with Gasteiger partial charge < -0.3 is 5.11 Å². The van der Waals surface area contributed by atoms with Gasteiger partial charge in [0, 0.05) is 0 Å². The summed E-state index contributed by atoms with van der Waals surface area (Å²) in [6.45, 7) is 12.4. The minimum absolute atomic E-state index is 0.445. The third-order valence-electron chi connectivity index (χ3n) is 3.02. The van der Waals surface area contributed by atoms with Crippen molar-refractivity contribution >= 4 is 0 Å². The second kappa shape index (κ2) is 4.58. The number of hydrogen-bond acceptors (Lipinski definition) is 1.